The van der Waals surface area contributed by atoms with Gasteiger partial charge in [0.25, 0.3) is 11.6 Å². The number of nitro benzene ring substituents is 1. The van der Waals surface area contributed by atoms with Crippen molar-refractivity contribution in [1.29, 1.82) is 0 Å². The standard InChI is InChI=1S/C17H16BrN3O5/c1-11(12-4-3-5-13(8-12)21(23)24)19-20-17(22)10-26-16-7-6-14(25-2)9-15(16)18/h3-9H,10H2,1-2H3,(H,20,22)/b19-11-. The highest BCUT2D eigenvalue weighted by molar-refractivity contribution is 9.10. The van der Waals surface area contributed by atoms with Crippen molar-refractivity contribution in [1.82, 2.24) is 5.43 Å². The van der Waals surface area contributed by atoms with E-state index in [1.807, 2.05) is 0 Å². The number of halogens is 1. The molecule has 0 aromatic heterocycles. The van der Waals surface area contributed by atoms with Gasteiger partial charge in [0.1, 0.15) is 11.5 Å². The van der Waals surface area contributed by atoms with Gasteiger partial charge in [-0.05, 0) is 41.1 Å². The molecule has 2 aromatic rings. The maximum atomic E-state index is 11.9. The lowest BCUT2D eigenvalue weighted by molar-refractivity contribution is -0.384. The summed E-state index contributed by atoms with van der Waals surface area (Å²) in [6.45, 7) is 1.40. The van der Waals surface area contributed by atoms with Crippen molar-refractivity contribution in [2.24, 2.45) is 5.10 Å². The summed E-state index contributed by atoms with van der Waals surface area (Å²) in [6.07, 6.45) is 0. The van der Waals surface area contributed by atoms with Crippen LogP contribution in [-0.2, 0) is 4.79 Å². The molecule has 2 aromatic carbocycles. The number of ether oxygens (including phenoxy) is 2. The van der Waals surface area contributed by atoms with Crippen molar-refractivity contribution in [3.8, 4) is 11.5 Å². The molecule has 8 nitrogen and oxygen atoms in total. The summed E-state index contributed by atoms with van der Waals surface area (Å²) in [5.74, 6) is 0.684. The lowest BCUT2D eigenvalue weighted by Crippen LogP contribution is -2.25. The van der Waals surface area contributed by atoms with Crippen LogP contribution in [0.4, 0.5) is 5.69 Å². The molecule has 0 aliphatic heterocycles. The zero-order chi connectivity index (χ0) is 19.1. The third-order valence-electron chi connectivity index (χ3n) is 3.32. The molecule has 0 bridgehead atoms. The first kappa shape index (κ1) is 19.4. The van der Waals surface area contributed by atoms with E-state index in [1.54, 1.807) is 44.4 Å². The van der Waals surface area contributed by atoms with Crippen molar-refractivity contribution in [2.45, 2.75) is 6.92 Å². The van der Waals surface area contributed by atoms with E-state index >= 15 is 0 Å². The highest BCUT2D eigenvalue weighted by Gasteiger charge is 2.09. The smallest absolute Gasteiger partial charge is 0.277 e. The molecule has 0 saturated carbocycles. The maximum absolute atomic E-state index is 11.9. The number of hydrogen-bond donors (Lipinski definition) is 1. The molecule has 0 atom stereocenters. The molecule has 0 fully saturated rings. The molecule has 1 N–H and O–H groups in total. The van der Waals surface area contributed by atoms with Gasteiger partial charge in [-0.25, -0.2) is 5.43 Å². The van der Waals surface area contributed by atoms with Crippen LogP contribution in [-0.4, -0.2) is 30.3 Å². The van der Waals surface area contributed by atoms with Crippen LogP contribution in [0.1, 0.15) is 12.5 Å². The number of hydrogen-bond acceptors (Lipinski definition) is 6. The molecule has 0 aliphatic carbocycles. The number of carbonyl (C=O) groups is 1. The number of nitro groups is 1. The van der Waals surface area contributed by atoms with Crippen LogP contribution < -0.4 is 14.9 Å². The van der Waals surface area contributed by atoms with Gasteiger partial charge in [0, 0.05) is 17.7 Å². The van der Waals surface area contributed by atoms with Crippen LogP contribution in [0, 0.1) is 10.1 Å². The molecule has 0 unspecified atom stereocenters. The minimum absolute atomic E-state index is 0.0453. The minimum atomic E-state index is -0.490. The molecule has 0 radical (unpaired) electrons. The fourth-order valence-electron chi connectivity index (χ4n) is 1.96. The summed E-state index contributed by atoms with van der Waals surface area (Å²) in [7, 11) is 1.55. The Kier molecular flexibility index (Phi) is 6.67. The third kappa shape index (κ3) is 5.28. The second-order valence-electron chi connectivity index (χ2n) is 5.12. The SMILES string of the molecule is COc1ccc(OCC(=O)N/N=C(/C)c2cccc([N+](=O)[O-])c2)c(Br)c1. The Labute approximate surface area is 158 Å². The zero-order valence-electron chi connectivity index (χ0n) is 14.1. The van der Waals surface area contributed by atoms with Gasteiger partial charge in [-0.15, -0.1) is 0 Å². The maximum Gasteiger partial charge on any atom is 0.277 e. The van der Waals surface area contributed by atoms with Gasteiger partial charge in [-0.2, -0.15) is 5.10 Å². The lowest BCUT2D eigenvalue weighted by atomic mass is 10.1. The van der Waals surface area contributed by atoms with E-state index in [0.717, 1.165) is 0 Å². The van der Waals surface area contributed by atoms with Gasteiger partial charge in [0.2, 0.25) is 0 Å². The quantitative estimate of drug-likeness (QED) is 0.419. The van der Waals surface area contributed by atoms with Crippen molar-refractivity contribution < 1.29 is 19.2 Å². The summed E-state index contributed by atoms with van der Waals surface area (Å²) < 4.78 is 11.1. The van der Waals surface area contributed by atoms with Gasteiger partial charge in [0.15, 0.2) is 6.61 Å². The van der Waals surface area contributed by atoms with Gasteiger partial charge < -0.3 is 9.47 Å². The molecule has 136 valence electrons. The average molecular weight is 422 g/mol. The van der Waals surface area contributed by atoms with Crippen LogP contribution in [0.2, 0.25) is 0 Å². The van der Waals surface area contributed by atoms with Crippen molar-refractivity contribution in [3.05, 3.63) is 62.6 Å². The predicted octanol–water partition coefficient (Wildman–Crippen LogP) is 3.29. The second kappa shape index (κ2) is 8.95. The van der Waals surface area contributed by atoms with E-state index in [2.05, 4.69) is 26.5 Å². The largest absolute Gasteiger partial charge is 0.497 e. The van der Waals surface area contributed by atoms with Crippen molar-refractivity contribution in [3.63, 3.8) is 0 Å². The fourth-order valence-corrected chi connectivity index (χ4v) is 2.43. The molecule has 26 heavy (non-hydrogen) atoms. The van der Waals surface area contributed by atoms with Crippen LogP contribution in [0.3, 0.4) is 0 Å². The number of rotatable bonds is 7. The van der Waals surface area contributed by atoms with Crippen LogP contribution in [0.5, 0.6) is 11.5 Å². The molecule has 0 aliphatic rings. The number of nitrogens with zero attached hydrogens (tertiary/aromatic N) is 2. The summed E-state index contributed by atoms with van der Waals surface area (Å²) in [5.41, 5.74) is 3.29. The zero-order valence-corrected chi connectivity index (χ0v) is 15.6. The Hall–Kier alpha value is -2.94. The fraction of sp³-hybridized carbons (Fsp3) is 0.176. The van der Waals surface area contributed by atoms with E-state index in [4.69, 9.17) is 9.47 Å². The molecule has 2 rings (SSSR count). The number of carbonyl (C=O) groups excluding carboxylic acids is 1. The highest BCUT2D eigenvalue weighted by atomic mass is 79.9. The van der Waals surface area contributed by atoms with E-state index in [-0.39, 0.29) is 12.3 Å². The predicted molar refractivity (Wildman–Crippen MR) is 99.6 cm³/mol. The molecule has 1 amide bonds. The Morgan fingerprint density at radius 1 is 1.31 bits per heavy atom. The Balaban J connectivity index is 1.94. The minimum Gasteiger partial charge on any atom is -0.497 e. The molecule has 9 heteroatoms. The topological polar surface area (TPSA) is 103 Å². The van der Waals surface area contributed by atoms with E-state index in [0.29, 0.717) is 27.2 Å². The highest BCUT2D eigenvalue weighted by Crippen LogP contribution is 2.28. The Bertz CT molecular complexity index is 854. The van der Waals surface area contributed by atoms with Gasteiger partial charge in [0.05, 0.1) is 22.2 Å². The summed E-state index contributed by atoms with van der Waals surface area (Å²) >= 11 is 3.33. The Morgan fingerprint density at radius 3 is 2.73 bits per heavy atom. The van der Waals surface area contributed by atoms with Crippen LogP contribution in [0.15, 0.2) is 52.0 Å². The summed E-state index contributed by atoms with van der Waals surface area (Å²) in [4.78, 5) is 22.2. The molecular formula is C17H16BrN3O5. The van der Waals surface area contributed by atoms with Crippen molar-refractivity contribution in [2.75, 3.05) is 13.7 Å². The second-order valence-corrected chi connectivity index (χ2v) is 5.98. The molecule has 0 saturated heterocycles. The summed E-state index contributed by atoms with van der Waals surface area (Å²) in [5, 5.41) is 14.7. The van der Waals surface area contributed by atoms with Crippen LogP contribution in [0.25, 0.3) is 0 Å². The average Bonchev–Trinajstić information content (AvgIpc) is 2.65. The number of amides is 1. The Morgan fingerprint density at radius 2 is 2.08 bits per heavy atom. The van der Waals surface area contributed by atoms with Crippen molar-refractivity contribution >= 4 is 33.2 Å². The normalized spacial score (nSPS) is 11.0. The van der Waals surface area contributed by atoms with Gasteiger partial charge in [-0.3, -0.25) is 14.9 Å². The first-order valence-electron chi connectivity index (χ1n) is 7.45. The first-order chi connectivity index (χ1) is 12.4. The molecule has 0 heterocycles. The number of benzene rings is 2. The van der Waals surface area contributed by atoms with Gasteiger partial charge in [-0.1, -0.05) is 12.1 Å². The van der Waals surface area contributed by atoms with E-state index in [1.165, 1.54) is 12.1 Å². The molecular weight excluding hydrogens is 406 g/mol. The lowest BCUT2D eigenvalue weighted by Gasteiger charge is -2.09. The van der Waals surface area contributed by atoms with Crippen LogP contribution >= 0.6 is 15.9 Å². The molecule has 0 spiro atoms. The number of hydrazone groups is 1. The number of nitrogens with one attached hydrogen (secondary N) is 1. The summed E-state index contributed by atoms with van der Waals surface area (Å²) in [6, 6.07) is 11.1. The number of non-ortho nitro benzene ring substituents is 1. The number of methoxy groups -OCH3 is 1. The van der Waals surface area contributed by atoms with E-state index < -0.39 is 10.8 Å². The van der Waals surface area contributed by atoms with Gasteiger partial charge >= 0.3 is 0 Å². The monoisotopic (exact) mass is 421 g/mol. The van der Waals surface area contributed by atoms with E-state index in [9.17, 15) is 14.9 Å². The first-order valence-corrected chi connectivity index (χ1v) is 8.24. The third-order valence-corrected chi connectivity index (χ3v) is 3.94.